The number of nitrogens with zero attached hydrogens (tertiary/aromatic N) is 12. The van der Waals surface area contributed by atoms with Crippen molar-refractivity contribution in [2.75, 3.05) is 0 Å². The number of hydrogen-bond donors (Lipinski definition) is 2. The van der Waals surface area contributed by atoms with E-state index in [9.17, 15) is 9.59 Å². The quantitative estimate of drug-likeness (QED) is 0.171. The first-order valence-corrected chi connectivity index (χ1v) is 18.1. The van der Waals surface area contributed by atoms with Gasteiger partial charge in [-0.3, -0.25) is 18.3 Å². The van der Waals surface area contributed by atoms with Gasteiger partial charge in [0.1, 0.15) is 23.7 Å². The number of benzene rings is 4. The summed E-state index contributed by atoms with van der Waals surface area (Å²) in [5, 5.41) is 10.3. The van der Waals surface area contributed by atoms with Crippen molar-refractivity contribution in [2.24, 2.45) is 0 Å². The Morgan fingerprint density at radius 1 is 0.672 bits per heavy atom. The molecular formula is C40H24Cl2N14O2. The first-order valence-electron chi connectivity index (χ1n) is 17.4. The summed E-state index contributed by atoms with van der Waals surface area (Å²) in [4.78, 5) is 60.5. The molecule has 0 saturated heterocycles. The number of aromatic amines is 2. The van der Waals surface area contributed by atoms with E-state index in [-0.39, 0.29) is 11.4 Å². The van der Waals surface area contributed by atoms with E-state index in [2.05, 4.69) is 50.8 Å². The van der Waals surface area contributed by atoms with Crippen LogP contribution in [0.4, 0.5) is 5.69 Å². The molecule has 10 rings (SSSR count). The lowest BCUT2D eigenvalue weighted by Gasteiger charge is -2.06. The zero-order chi connectivity index (χ0) is 39.9. The standard InChI is InChI=1S/2C20H12ClN7O/c1-22-14-5-6-15-17(8-14)28(11-24-15)19-23-9-16-18(26-19)27(20(29)25-16)10-12-3-2-4-13(21)7-12;21-14-3-1-2-13(6-14)10-27-18-16(25-20(27)29)9-23-19(26-18)28-11-24-15-7-12(8-22)4-5-17(15)28/h2-9,11H,10H2,(H,25,29);1-7,9,11H,10H2,(H,25,29). The summed E-state index contributed by atoms with van der Waals surface area (Å²) in [5.74, 6) is 0.740. The zero-order valence-corrected chi connectivity index (χ0v) is 31.3. The van der Waals surface area contributed by atoms with Gasteiger partial charge in [0, 0.05) is 10.0 Å². The molecule has 6 aromatic heterocycles. The summed E-state index contributed by atoms with van der Waals surface area (Å²) in [6.45, 7) is 7.87. The van der Waals surface area contributed by atoms with Crippen LogP contribution < -0.4 is 11.4 Å². The second-order valence-corrected chi connectivity index (χ2v) is 13.8. The molecule has 6 heterocycles. The molecule has 10 aromatic rings. The summed E-state index contributed by atoms with van der Waals surface area (Å²) in [6, 6.07) is 27.2. The topological polar surface area (TPSA) is 191 Å². The summed E-state index contributed by atoms with van der Waals surface area (Å²) >= 11 is 12.1. The molecule has 0 fully saturated rings. The largest absolute Gasteiger partial charge is 0.328 e. The Kier molecular flexibility index (Phi) is 9.02. The fourth-order valence-electron chi connectivity index (χ4n) is 6.50. The predicted octanol–water partition coefficient (Wildman–Crippen LogP) is 6.74. The number of imidazole rings is 4. The van der Waals surface area contributed by atoms with Gasteiger partial charge in [-0.15, -0.1) is 0 Å². The van der Waals surface area contributed by atoms with Crippen LogP contribution in [0, 0.1) is 17.9 Å². The summed E-state index contributed by atoms with van der Waals surface area (Å²) < 4.78 is 6.50. The van der Waals surface area contributed by atoms with Gasteiger partial charge in [0.15, 0.2) is 17.0 Å². The molecule has 58 heavy (non-hydrogen) atoms. The van der Waals surface area contributed by atoms with E-state index >= 15 is 0 Å². The minimum Gasteiger partial charge on any atom is -0.303 e. The number of fused-ring (bicyclic) bond motifs is 4. The van der Waals surface area contributed by atoms with Crippen molar-refractivity contribution >= 4 is 73.3 Å². The van der Waals surface area contributed by atoms with Crippen LogP contribution in [0.25, 0.3) is 61.1 Å². The third-order valence-corrected chi connectivity index (χ3v) is 9.69. The lowest BCUT2D eigenvalue weighted by Crippen LogP contribution is -2.18. The summed E-state index contributed by atoms with van der Waals surface area (Å²) in [5.41, 5.74) is 7.15. The first-order chi connectivity index (χ1) is 28.2. The van der Waals surface area contributed by atoms with Crippen molar-refractivity contribution in [1.29, 1.82) is 5.26 Å². The van der Waals surface area contributed by atoms with Gasteiger partial charge < -0.3 is 9.97 Å². The number of H-pyrrole nitrogens is 2. The van der Waals surface area contributed by atoms with Gasteiger partial charge in [0.25, 0.3) is 0 Å². The lowest BCUT2D eigenvalue weighted by molar-refractivity contribution is 0.774. The second kappa shape index (κ2) is 14.6. The fourth-order valence-corrected chi connectivity index (χ4v) is 6.93. The van der Waals surface area contributed by atoms with Gasteiger partial charge in [-0.25, -0.2) is 34.4 Å². The number of nitriles is 1. The molecule has 0 radical (unpaired) electrons. The van der Waals surface area contributed by atoms with Crippen molar-refractivity contribution in [1.82, 2.24) is 58.1 Å². The van der Waals surface area contributed by atoms with Crippen molar-refractivity contribution in [3.05, 3.63) is 169 Å². The Morgan fingerprint density at radius 3 is 1.79 bits per heavy atom. The molecule has 0 aliphatic rings. The van der Waals surface area contributed by atoms with E-state index in [0.29, 0.717) is 74.1 Å². The van der Waals surface area contributed by atoms with Crippen molar-refractivity contribution in [3.8, 4) is 18.0 Å². The maximum atomic E-state index is 12.5. The van der Waals surface area contributed by atoms with Crippen LogP contribution in [0.1, 0.15) is 16.7 Å². The summed E-state index contributed by atoms with van der Waals surface area (Å²) in [6.07, 6.45) is 6.34. The molecule has 2 N–H and O–H groups in total. The average molecular weight is 804 g/mol. The van der Waals surface area contributed by atoms with E-state index in [0.717, 1.165) is 27.7 Å². The van der Waals surface area contributed by atoms with Gasteiger partial charge in [-0.05, 0) is 65.7 Å². The highest BCUT2D eigenvalue weighted by atomic mass is 35.5. The molecule has 4 aromatic carbocycles. The molecule has 18 heteroatoms. The molecule has 0 unspecified atom stereocenters. The number of aromatic nitrogens is 12. The SMILES string of the molecule is N#Cc1ccc2c(c1)ncn2-c1ncc2[nH]c(=O)n(Cc3cccc(Cl)c3)c2n1.[C-]#[N+]c1ccc2ncn(-c3ncc4[nH]c(=O)n(Cc5cccc(Cl)c5)c4n3)c2c1. The number of halogens is 2. The zero-order valence-electron chi connectivity index (χ0n) is 29.7. The molecule has 0 amide bonds. The Bertz CT molecular complexity index is 3430. The Labute approximate surface area is 335 Å². The van der Waals surface area contributed by atoms with Crippen LogP contribution in [0.15, 0.2) is 120 Å². The number of nitrogens with one attached hydrogen (secondary N) is 2. The van der Waals surface area contributed by atoms with Gasteiger partial charge in [0.2, 0.25) is 11.9 Å². The Morgan fingerprint density at radius 2 is 1.24 bits per heavy atom. The first kappa shape index (κ1) is 35.8. The highest BCUT2D eigenvalue weighted by Gasteiger charge is 2.16. The normalized spacial score (nSPS) is 11.2. The molecule has 0 atom stereocenters. The average Bonchev–Trinajstić information content (AvgIpc) is 4.00. The third-order valence-electron chi connectivity index (χ3n) is 9.22. The van der Waals surface area contributed by atoms with Crippen LogP contribution in [0.2, 0.25) is 10.0 Å². The van der Waals surface area contributed by atoms with Crippen LogP contribution in [-0.4, -0.2) is 58.1 Å². The van der Waals surface area contributed by atoms with Crippen LogP contribution >= 0.6 is 23.2 Å². The van der Waals surface area contributed by atoms with Crippen molar-refractivity contribution in [2.45, 2.75) is 13.1 Å². The van der Waals surface area contributed by atoms with Gasteiger partial charge >= 0.3 is 11.4 Å². The second-order valence-electron chi connectivity index (χ2n) is 12.9. The number of hydrogen-bond acceptors (Lipinski definition) is 9. The lowest BCUT2D eigenvalue weighted by atomic mass is 10.2. The van der Waals surface area contributed by atoms with E-state index in [1.165, 1.54) is 4.57 Å². The third kappa shape index (κ3) is 6.70. The van der Waals surface area contributed by atoms with Crippen LogP contribution in [0.5, 0.6) is 0 Å². The smallest absolute Gasteiger partial charge is 0.303 e. The fraction of sp³-hybridized carbons (Fsp3) is 0.0500. The Hall–Kier alpha value is -7.92. The maximum absolute atomic E-state index is 12.5. The van der Waals surface area contributed by atoms with Crippen molar-refractivity contribution in [3.63, 3.8) is 0 Å². The highest BCUT2D eigenvalue weighted by molar-refractivity contribution is 6.30. The van der Waals surface area contributed by atoms with E-state index in [1.54, 1.807) is 87.3 Å². The van der Waals surface area contributed by atoms with E-state index in [4.69, 9.17) is 35.0 Å². The minimum atomic E-state index is -0.280. The van der Waals surface area contributed by atoms with Gasteiger partial charge in [-0.2, -0.15) is 15.2 Å². The molecule has 280 valence electrons. The molecule has 0 spiro atoms. The molecule has 0 aliphatic heterocycles. The Balaban J connectivity index is 0.000000150. The summed E-state index contributed by atoms with van der Waals surface area (Å²) in [7, 11) is 0. The monoisotopic (exact) mass is 802 g/mol. The van der Waals surface area contributed by atoms with Crippen LogP contribution in [-0.2, 0) is 13.1 Å². The molecule has 0 saturated carbocycles. The van der Waals surface area contributed by atoms with Crippen LogP contribution in [0.3, 0.4) is 0 Å². The van der Waals surface area contributed by atoms with E-state index < -0.39 is 0 Å². The molecular weight excluding hydrogens is 779 g/mol. The maximum Gasteiger partial charge on any atom is 0.328 e. The molecule has 16 nitrogen and oxygen atoms in total. The highest BCUT2D eigenvalue weighted by Crippen LogP contribution is 2.24. The number of rotatable bonds is 6. The molecule has 0 bridgehead atoms. The van der Waals surface area contributed by atoms with Crippen molar-refractivity contribution < 1.29 is 0 Å². The van der Waals surface area contributed by atoms with Gasteiger partial charge in [-0.1, -0.05) is 53.5 Å². The predicted molar refractivity (Wildman–Crippen MR) is 218 cm³/mol. The van der Waals surface area contributed by atoms with Gasteiger partial charge in [0.05, 0.1) is 65.8 Å². The van der Waals surface area contributed by atoms with E-state index in [1.807, 2.05) is 36.4 Å². The minimum absolute atomic E-state index is 0.277. The molecule has 0 aliphatic carbocycles.